The van der Waals surface area contributed by atoms with Crippen molar-refractivity contribution in [1.29, 1.82) is 0 Å². The summed E-state index contributed by atoms with van der Waals surface area (Å²) < 4.78 is 5.60. The van der Waals surface area contributed by atoms with Gasteiger partial charge in [-0.3, -0.25) is 0 Å². The lowest BCUT2D eigenvalue weighted by molar-refractivity contribution is 0.317. The monoisotopic (exact) mass is 280 g/mol. The van der Waals surface area contributed by atoms with Crippen molar-refractivity contribution in [3.05, 3.63) is 71.8 Å². The van der Waals surface area contributed by atoms with Crippen LogP contribution in [0.25, 0.3) is 5.57 Å². The third-order valence-corrected chi connectivity index (χ3v) is 3.55. The smallest absolute Gasteiger partial charge is 0.119 e. The molecule has 2 rings (SSSR count). The van der Waals surface area contributed by atoms with Crippen molar-refractivity contribution in [3.8, 4) is 5.75 Å². The van der Waals surface area contributed by atoms with E-state index in [1.54, 1.807) is 0 Å². The molecule has 0 aromatic heterocycles. The Hall–Kier alpha value is -2.02. The fourth-order valence-electron chi connectivity index (χ4n) is 2.22. The van der Waals surface area contributed by atoms with E-state index in [0.717, 1.165) is 37.2 Å². The molecule has 0 saturated heterocycles. The molecule has 0 N–H and O–H groups in total. The van der Waals surface area contributed by atoms with Crippen LogP contribution in [0.2, 0.25) is 0 Å². The molecule has 0 unspecified atom stereocenters. The number of hydrogen-bond donors (Lipinski definition) is 0. The van der Waals surface area contributed by atoms with Gasteiger partial charge in [-0.2, -0.15) is 0 Å². The van der Waals surface area contributed by atoms with Gasteiger partial charge in [0.1, 0.15) is 5.75 Å². The topological polar surface area (TPSA) is 9.23 Å². The zero-order valence-corrected chi connectivity index (χ0v) is 13.1. The summed E-state index contributed by atoms with van der Waals surface area (Å²) in [4.78, 5) is 0. The molecular weight excluding hydrogens is 256 g/mol. The van der Waals surface area contributed by atoms with Gasteiger partial charge in [-0.05, 0) is 55.0 Å². The van der Waals surface area contributed by atoms with Crippen molar-refractivity contribution in [1.82, 2.24) is 0 Å². The van der Waals surface area contributed by atoms with Crippen LogP contribution in [-0.4, -0.2) is 6.61 Å². The van der Waals surface area contributed by atoms with Gasteiger partial charge in [-0.15, -0.1) is 0 Å². The normalized spacial score (nSPS) is 10.4. The quantitative estimate of drug-likeness (QED) is 0.669. The lowest BCUT2D eigenvalue weighted by Crippen LogP contribution is -1.96. The highest BCUT2D eigenvalue weighted by Crippen LogP contribution is 2.16. The van der Waals surface area contributed by atoms with E-state index < -0.39 is 0 Å². The maximum atomic E-state index is 5.60. The van der Waals surface area contributed by atoms with Gasteiger partial charge in [0.15, 0.2) is 0 Å². The van der Waals surface area contributed by atoms with Crippen molar-refractivity contribution in [3.63, 3.8) is 0 Å². The Labute approximate surface area is 128 Å². The molecule has 2 aromatic carbocycles. The highest BCUT2D eigenvalue weighted by Gasteiger charge is 1.99. The second-order valence-electron chi connectivity index (χ2n) is 5.47. The molecule has 0 saturated carbocycles. The van der Waals surface area contributed by atoms with E-state index in [1.807, 2.05) is 6.92 Å². The molecular formula is C20H24O. The summed E-state index contributed by atoms with van der Waals surface area (Å²) in [6, 6.07) is 17.1. The minimum atomic E-state index is 0.786. The second-order valence-corrected chi connectivity index (χ2v) is 5.47. The highest BCUT2D eigenvalue weighted by atomic mass is 16.5. The minimum Gasteiger partial charge on any atom is -0.494 e. The van der Waals surface area contributed by atoms with Gasteiger partial charge in [0, 0.05) is 0 Å². The molecule has 0 fully saturated rings. The van der Waals surface area contributed by atoms with E-state index in [2.05, 4.69) is 62.0 Å². The van der Waals surface area contributed by atoms with E-state index >= 15 is 0 Å². The van der Waals surface area contributed by atoms with E-state index in [9.17, 15) is 0 Å². The van der Waals surface area contributed by atoms with Crippen molar-refractivity contribution < 1.29 is 4.74 Å². The Morgan fingerprint density at radius 3 is 1.90 bits per heavy atom. The molecule has 0 aliphatic carbocycles. The summed E-state index contributed by atoms with van der Waals surface area (Å²) in [6.07, 6.45) is 3.16. The van der Waals surface area contributed by atoms with Gasteiger partial charge in [0.25, 0.3) is 0 Å². The van der Waals surface area contributed by atoms with Gasteiger partial charge in [0.05, 0.1) is 6.61 Å². The van der Waals surface area contributed by atoms with Crippen LogP contribution in [-0.2, 0) is 12.8 Å². The van der Waals surface area contributed by atoms with Gasteiger partial charge in [-0.25, -0.2) is 0 Å². The Morgan fingerprint density at radius 2 is 1.43 bits per heavy atom. The number of aryl methyl sites for hydroxylation is 2. The Bertz CT molecular complexity index is 564. The molecule has 21 heavy (non-hydrogen) atoms. The number of ether oxygens (including phenoxy) is 1. The third-order valence-electron chi connectivity index (χ3n) is 3.55. The number of rotatable bonds is 7. The molecule has 0 spiro atoms. The first-order valence-corrected chi connectivity index (χ1v) is 7.65. The predicted molar refractivity (Wildman–Crippen MR) is 90.8 cm³/mol. The molecule has 2 aromatic rings. The summed E-state index contributed by atoms with van der Waals surface area (Å²) in [6.45, 7) is 8.91. The van der Waals surface area contributed by atoms with Crippen molar-refractivity contribution in [2.24, 2.45) is 0 Å². The molecule has 0 bridgehead atoms. The Morgan fingerprint density at radius 1 is 0.905 bits per heavy atom. The molecule has 0 heterocycles. The average molecular weight is 280 g/mol. The van der Waals surface area contributed by atoms with Crippen LogP contribution in [0.15, 0.2) is 55.1 Å². The molecule has 0 aliphatic rings. The molecule has 110 valence electrons. The van der Waals surface area contributed by atoms with Gasteiger partial charge >= 0.3 is 0 Å². The number of hydrogen-bond acceptors (Lipinski definition) is 1. The summed E-state index contributed by atoms with van der Waals surface area (Å²) in [5, 5.41) is 0. The van der Waals surface area contributed by atoms with E-state index in [1.165, 1.54) is 16.7 Å². The standard InChI is InChI=1S/C20H24O/c1-4-15-21-20-13-9-18(10-14-20)6-5-17-7-11-19(12-8-17)16(2)3/h7-14H,2,4-6,15H2,1,3H3. The fourth-order valence-corrected chi connectivity index (χ4v) is 2.22. The van der Waals surface area contributed by atoms with E-state index in [0.29, 0.717) is 0 Å². The molecule has 0 aliphatic heterocycles. The van der Waals surface area contributed by atoms with Crippen LogP contribution in [0.3, 0.4) is 0 Å². The van der Waals surface area contributed by atoms with Crippen molar-refractivity contribution in [2.45, 2.75) is 33.1 Å². The first-order valence-electron chi connectivity index (χ1n) is 7.65. The number of allylic oxidation sites excluding steroid dienone is 1. The van der Waals surface area contributed by atoms with Crippen molar-refractivity contribution >= 4 is 5.57 Å². The molecule has 1 heteroatoms. The first kappa shape index (κ1) is 15.4. The lowest BCUT2D eigenvalue weighted by Gasteiger charge is -2.07. The summed E-state index contributed by atoms with van der Waals surface area (Å²) >= 11 is 0. The number of benzene rings is 2. The Kier molecular flexibility index (Phi) is 5.62. The maximum absolute atomic E-state index is 5.60. The maximum Gasteiger partial charge on any atom is 0.119 e. The molecule has 0 radical (unpaired) electrons. The highest BCUT2D eigenvalue weighted by molar-refractivity contribution is 5.61. The zero-order valence-electron chi connectivity index (χ0n) is 13.1. The predicted octanol–water partition coefficient (Wildman–Crippen LogP) is 5.29. The molecule has 0 atom stereocenters. The van der Waals surface area contributed by atoms with Crippen LogP contribution < -0.4 is 4.74 Å². The van der Waals surface area contributed by atoms with Gasteiger partial charge in [-0.1, -0.05) is 55.5 Å². The van der Waals surface area contributed by atoms with Crippen LogP contribution in [0.1, 0.15) is 37.0 Å². The van der Waals surface area contributed by atoms with E-state index in [4.69, 9.17) is 4.74 Å². The van der Waals surface area contributed by atoms with Gasteiger partial charge in [0.2, 0.25) is 0 Å². The van der Waals surface area contributed by atoms with Crippen molar-refractivity contribution in [2.75, 3.05) is 6.61 Å². The second kappa shape index (κ2) is 7.68. The van der Waals surface area contributed by atoms with E-state index in [-0.39, 0.29) is 0 Å². The summed E-state index contributed by atoms with van der Waals surface area (Å²) in [7, 11) is 0. The summed E-state index contributed by atoms with van der Waals surface area (Å²) in [5.41, 5.74) is 5.05. The SMILES string of the molecule is C=C(C)c1ccc(CCc2ccc(OCCC)cc2)cc1. The zero-order chi connectivity index (χ0) is 15.1. The largest absolute Gasteiger partial charge is 0.494 e. The molecule has 0 amide bonds. The van der Waals surface area contributed by atoms with Crippen LogP contribution in [0.5, 0.6) is 5.75 Å². The minimum absolute atomic E-state index is 0.786. The first-order chi connectivity index (χ1) is 10.2. The fraction of sp³-hybridized carbons (Fsp3) is 0.300. The molecule has 1 nitrogen and oxygen atoms in total. The lowest BCUT2D eigenvalue weighted by atomic mass is 10.0. The Balaban J connectivity index is 1.88. The van der Waals surface area contributed by atoms with Crippen LogP contribution in [0, 0.1) is 0 Å². The summed E-state index contributed by atoms with van der Waals surface area (Å²) in [5.74, 6) is 0.964. The average Bonchev–Trinajstić information content (AvgIpc) is 2.52. The van der Waals surface area contributed by atoms with Crippen LogP contribution in [0.4, 0.5) is 0 Å². The third kappa shape index (κ3) is 4.78. The van der Waals surface area contributed by atoms with Crippen LogP contribution >= 0.6 is 0 Å². The van der Waals surface area contributed by atoms with Gasteiger partial charge < -0.3 is 4.74 Å².